The molecule has 8 nitrogen and oxygen atoms in total. The smallest absolute Gasteiger partial charge is 0.272 e. The van der Waals surface area contributed by atoms with Gasteiger partial charge in [-0.15, -0.1) is 0 Å². The van der Waals surface area contributed by atoms with Crippen LogP contribution in [0, 0.1) is 28.4 Å². The Labute approximate surface area is 211 Å². The van der Waals surface area contributed by atoms with Gasteiger partial charge >= 0.3 is 0 Å². The van der Waals surface area contributed by atoms with E-state index in [4.69, 9.17) is 4.74 Å². The summed E-state index contributed by atoms with van der Waals surface area (Å²) < 4.78 is 5.42. The van der Waals surface area contributed by atoms with Gasteiger partial charge in [0.25, 0.3) is 5.69 Å². The molecule has 2 unspecified atom stereocenters. The van der Waals surface area contributed by atoms with Gasteiger partial charge in [0.1, 0.15) is 11.8 Å². The highest BCUT2D eigenvalue weighted by Crippen LogP contribution is 2.36. The third-order valence-electron chi connectivity index (χ3n) is 7.88. The minimum absolute atomic E-state index is 0.183. The van der Waals surface area contributed by atoms with Crippen LogP contribution in [0.25, 0.3) is 10.9 Å². The molecular weight excluding hydrogens is 454 g/mol. The van der Waals surface area contributed by atoms with Crippen LogP contribution in [0.2, 0.25) is 0 Å². The van der Waals surface area contributed by atoms with Crippen molar-refractivity contribution in [2.75, 3.05) is 13.7 Å². The molecule has 2 aliphatic heterocycles. The Bertz CT molecular complexity index is 1320. The molecule has 36 heavy (non-hydrogen) atoms. The minimum Gasteiger partial charge on any atom is -0.497 e. The van der Waals surface area contributed by atoms with Crippen molar-refractivity contribution in [3.05, 3.63) is 75.0 Å². The number of ether oxygens (including phenoxy) is 1. The summed E-state index contributed by atoms with van der Waals surface area (Å²) in [6, 6.07) is 15.1. The average Bonchev–Trinajstić information content (AvgIpc) is 3.12. The Morgan fingerprint density at radius 1 is 1.22 bits per heavy atom. The molecule has 2 bridgehead atoms. The predicted molar refractivity (Wildman–Crippen MR) is 138 cm³/mol. The summed E-state index contributed by atoms with van der Waals surface area (Å²) in [4.78, 5) is 18.1. The molecule has 0 aliphatic carbocycles. The van der Waals surface area contributed by atoms with Crippen molar-refractivity contribution >= 4 is 16.6 Å². The van der Waals surface area contributed by atoms with Crippen LogP contribution in [-0.4, -0.2) is 46.6 Å². The lowest BCUT2D eigenvalue weighted by molar-refractivity contribution is -0.385. The Morgan fingerprint density at radius 3 is 2.69 bits per heavy atom. The Kier molecular flexibility index (Phi) is 6.86. The maximum Gasteiger partial charge on any atom is 0.272 e. The zero-order valence-corrected chi connectivity index (χ0v) is 20.7. The number of nitriles is 1. The van der Waals surface area contributed by atoms with Gasteiger partial charge in [0.05, 0.1) is 23.1 Å². The molecule has 3 heterocycles. The number of nitro groups is 1. The van der Waals surface area contributed by atoms with Crippen LogP contribution in [0.5, 0.6) is 5.75 Å². The third kappa shape index (κ3) is 4.77. The van der Waals surface area contributed by atoms with Gasteiger partial charge in [0.2, 0.25) is 0 Å². The summed E-state index contributed by atoms with van der Waals surface area (Å²) in [5.74, 6) is 0.770. The topological polar surface area (TPSA) is 104 Å². The molecule has 8 heteroatoms. The summed E-state index contributed by atoms with van der Waals surface area (Å²) in [6.45, 7) is 3.33. The van der Waals surface area contributed by atoms with Crippen LogP contribution in [0.1, 0.15) is 47.9 Å². The molecule has 3 atom stereocenters. The summed E-state index contributed by atoms with van der Waals surface area (Å²) in [5.41, 5.74) is 4.38. The highest BCUT2D eigenvalue weighted by molar-refractivity contribution is 5.85. The van der Waals surface area contributed by atoms with Crippen molar-refractivity contribution in [3.63, 3.8) is 0 Å². The molecule has 1 aromatic heterocycles. The monoisotopic (exact) mass is 485 g/mol. The molecule has 2 aliphatic rings. The molecule has 0 spiro atoms. The van der Waals surface area contributed by atoms with Crippen molar-refractivity contribution in [1.82, 2.24) is 15.2 Å². The van der Waals surface area contributed by atoms with E-state index in [0.717, 1.165) is 53.6 Å². The first kappa shape index (κ1) is 24.2. The molecule has 0 saturated carbocycles. The number of methoxy groups -OCH3 is 1. The maximum atomic E-state index is 11.3. The molecule has 1 N–H and O–H groups in total. The van der Waals surface area contributed by atoms with E-state index < -0.39 is 0 Å². The second kappa shape index (κ2) is 10.2. The van der Waals surface area contributed by atoms with E-state index in [9.17, 15) is 15.4 Å². The van der Waals surface area contributed by atoms with Gasteiger partial charge in [0, 0.05) is 54.4 Å². The Hall–Kier alpha value is -3.54. The van der Waals surface area contributed by atoms with Crippen molar-refractivity contribution in [3.8, 4) is 11.8 Å². The molecule has 186 valence electrons. The number of hydrogen-bond acceptors (Lipinski definition) is 7. The number of fused-ring (bicyclic) bond motifs is 3. The average molecular weight is 486 g/mol. The van der Waals surface area contributed by atoms with Gasteiger partial charge in [-0.1, -0.05) is 12.1 Å². The fourth-order valence-corrected chi connectivity index (χ4v) is 5.99. The van der Waals surface area contributed by atoms with Gasteiger partial charge in [-0.05, 0) is 68.4 Å². The number of rotatable bonds is 8. The highest BCUT2D eigenvalue weighted by Gasteiger charge is 2.40. The second-order valence-electron chi connectivity index (χ2n) is 9.95. The number of aryl methyl sites for hydroxylation is 1. The number of nitro benzene ring substituents is 1. The fourth-order valence-electron chi connectivity index (χ4n) is 5.99. The fraction of sp³-hybridized carbons (Fsp3) is 0.429. The Balaban J connectivity index is 1.24. The van der Waals surface area contributed by atoms with Gasteiger partial charge in [0.15, 0.2) is 0 Å². The van der Waals surface area contributed by atoms with E-state index in [1.807, 2.05) is 30.3 Å². The van der Waals surface area contributed by atoms with Gasteiger partial charge in [-0.2, -0.15) is 5.26 Å². The van der Waals surface area contributed by atoms with E-state index in [1.54, 1.807) is 26.3 Å². The summed E-state index contributed by atoms with van der Waals surface area (Å²) >= 11 is 0. The van der Waals surface area contributed by atoms with E-state index in [-0.39, 0.29) is 10.6 Å². The number of benzene rings is 2. The van der Waals surface area contributed by atoms with E-state index in [0.29, 0.717) is 35.8 Å². The number of aromatic nitrogens is 1. The molecule has 2 aromatic carbocycles. The highest BCUT2D eigenvalue weighted by atomic mass is 16.6. The lowest BCUT2D eigenvalue weighted by Gasteiger charge is -2.39. The van der Waals surface area contributed by atoms with E-state index in [2.05, 4.69) is 21.3 Å². The molecule has 2 fully saturated rings. The lowest BCUT2D eigenvalue weighted by Crippen LogP contribution is -2.49. The Morgan fingerprint density at radius 2 is 2.00 bits per heavy atom. The van der Waals surface area contributed by atoms with Crippen LogP contribution in [-0.2, 0) is 13.0 Å². The van der Waals surface area contributed by atoms with E-state index in [1.165, 1.54) is 12.8 Å². The predicted octanol–water partition coefficient (Wildman–Crippen LogP) is 4.66. The number of hydrogen-bond donors (Lipinski definition) is 1. The largest absolute Gasteiger partial charge is 0.497 e. The van der Waals surface area contributed by atoms with Crippen LogP contribution in [0.15, 0.2) is 42.6 Å². The number of nitrogens with one attached hydrogen (secondary N) is 1. The second-order valence-corrected chi connectivity index (χ2v) is 9.95. The van der Waals surface area contributed by atoms with Crippen LogP contribution in [0.4, 0.5) is 5.69 Å². The van der Waals surface area contributed by atoms with Crippen LogP contribution in [0.3, 0.4) is 0 Å². The van der Waals surface area contributed by atoms with Crippen LogP contribution < -0.4 is 10.1 Å². The van der Waals surface area contributed by atoms with Crippen molar-refractivity contribution in [2.24, 2.45) is 0 Å². The number of piperidine rings is 1. The molecule has 3 aromatic rings. The van der Waals surface area contributed by atoms with Gasteiger partial charge < -0.3 is 10.1 Å². The number of nitrogens with zero attached hydrogens (tertiary/aromatic N) is 4. The van der Waals surface area contributed by atoms with Crippen LogP contribution >= 0.6 is 0 Å². The normalized spacial score (nSPS) is 21.4. The zero-order valence-electron chi connectivity index (χ0n) is 20.7. The van der Waals surface area contributed by atoms with Crippen molar-refractivity contribution < 1.29 is 9.66 Å². The first-order chi connectivity index (χ1) is 17.5. The molecule has 2 saturated heterocycles. The summed E-state index contributed by atoms with van der Waals surface area (Å²) in [5, 5.41) is 25.6. The third-order valence-corrected chi connectivity index (χ3v) is 7.88. The van der Waals surface area contributed by atoms with Gasteiger partial charge in [-0.3, -0.25) is 20.0 Å². The SMILES string of the molecule is COc1ccc2ncc(C#N)c(CCN3C4CC[C@@H]3CC(NCc3ccc(C)c([N+](=O)[O-])c3)C4)c2c1. The molecule has 5 rings (SSSR count). The van der Waals surface area contributed by atoms with Crippen molar-refractivity contribution in [2.45, 2.75) is 63.7 Å². The first-order valence-corrected chi connectivity index (χ1v) is 12.6. The zero-order chi connectivity index (χ0) is 25.2. The summed E-state index contributed by atoms with van der Waals surface area (Å²) in [7, 11) is 1.65. The minimum atomic E-state index is -0.308. The summed E-state index contributed by atoms with van der Waals surface area (Å²) in [6.07, 6.45) is 7.00. The quantitative estimate of drug-likeness (QED) is 0.365. The number of pyridine rings is 1. The molecule has 0 amide bonds. The molecular formula is C28H31N5O3. The van der Waals surface area contributed by atoms with Gasteiger partial charge in [-0.25, -0.2) is 0 Å². The first-order valence-electron chi connectivity index (χ1n) is 12.6. The molecule has 0 radical (unpaired) electrons. The van der Waals surface area contributed by atoms with E-state index >= 15 is 0 Å². The van der Waals surface area contributed by atoms with Crippen molar-refractivity contribution in [1.29, 1.82) is 5.26 Å². The maximum absolute atomic E-state index is 11.3. The lowest BCUT2D eigenvalue weighted by atomic mass is 9.95. The standard InChI is InChI=1S/C28H31N5O3/c1-18-3-4-19(11-28(18)33(34)35)16-30-21-12-22-5-6-23(13-21)32(22)10-9-25-20(15-29)17-31-27-8-7-24(36-2)14-26(25)27/h3-4,7-8,11,14,17,21-23,30H,5-6,9-10,12-13,16H2,1-2H3/t21?,22-,23?/m1/s1.